The summed E-state index contributed by atoms with van der Waals surface area (Å²) in [7, 11) is 0. The number of hydrogen-bond acceptors (Lipinski definition) is 4. The van der Waals surface area contributed by atoms with Gasteiger partial charge in [0.15, 0.2) is 5.60 Å². The van der Waals surface area contributed by atoms with Crippen molar-refractivity contribution in [2.24, 2.45) is 0 Å². The van der Waals surface area contributed by atoms with E-state index in [1.54, 1.807) is 34.1 Å². The zero-order chi connectivity index (χ0) is 17.3. The number of hydrogen-bond donors (Lipinski definition) is 2. The minimum Gasteiger partial charge on any atom is -0.479 e. The van der Waals surface area contributed by atoms with Gasteiger partial charge in [0.05, 0.1) is 0 Å². The standard InChI is InChI=1S/C17H20N2O5/c20-14-2-1-9-19(14)13-5-3-12(4-6-13)15(21)18-10-7-17(24,8-11-18)16(22)23/h3-6,24H,1-2,7-11H2,(H,22,23). The van der Waals surface area contributed by atoms with Crippen molar-refractivity contribution in [3.8, 4) is 0 Å². The average Bonchev–Trinajstić information content (AvgIpc) is 3.01. The number of aliphatic carboxylic acids is 1. The number of aliphatic hydroxyl groups is 1. The van der Waals surface area contributed by atoms with E-state index in [1.165, 1.54) is 0 Å². The average molecular weight is 332 g/mol. The minimum absolute atomic E-state index is 0.0223. The number of anilines is 1. The number of carbonyl (C=O) groups is 3. The summed E-state index contributed by atoms with van der Waals surface area (Å²) in [6.07, 6.45) is 1.45. The summed E-state index contributed by atoms with van der Waals surface area (Å²) in [5.74, 6) is -1.34. The summed E-state index contributed by atoms with van der Waals surface area (Å²) >= 11 is 0. The second-order valence-corrected chi connectivity index (χ2v) is 6.32. The number of benzene rings is 1. The Hall–Kier alpha value is -2.41. The van der Waals surface area contributed by atoms with Gasteiger partial charge in [-0.3, -0.25) is 9.59 Å². The molecule has 24 heavy (non-hydrogen) atoms. The van der Waals surface area contributed by atoms with Gasteiger partial charge < -0.3 is 20.0 Å². The molecule has 2 N–H and O–H groups in total. The smallest absolute Gasteiger partial charge is 0.335 e. The van der Waals surface area contributed by atoms with E-state index in [4.69, 9.17) is 5.11 Å². The lowest BCUT2D eigenvalue weighted by Crippen LogP contribution is -2.50. The van der Waals surface area contributed by atoms with Crippen LogP contribution in [-0.2, 0) is 9.59 Å². The van der Waals surface area contributed by atoms with Crippen molar-refractivity contribution in [1.29, 1.82) is 0 Å². The zero-order valence-electron chi connectivity index (χ0n) is 13.3. The summed E-state index contributed by atoms with van der Waals surface area (Å²) in [5, 5.41) is 18.9. The first-order valence-corrected chi connectivity index (χ1v) is 8.06. The van der Waals surface area contributed by atoms with E-state index >= 15 is 0 Å². The van der Waals surface area contributed by atoms with E-state index in [0.29, 0.717) is 18.5 Å². The van der Waals surface area contributed by atoms with Crippen molar-refractivity contribution >= 4 is 23.5 Å². The molecule has 7 nitrogen and oxygen atoms in total. The molecule has 0 aliphatic carbocycles. The van der Waals surface area contributed by atoms with Crippen molar-refractivity contribution in [2.75, 3.05) is 24.5 Å². The lowest BCUT2D eigenvalue weighted by atomic mass is 9.91. The summed E-state index contributed by atoms with van der Waals surface area (Å²) < 4.78 is 0. The molecule has 2 aliphatic heterocycles. The third-order valence-corrected chi connectivity index (χ3v) is 4.78. The van der Waals surface area contributed by atoms with Crippen LogP contribution in [0.15, 0.2) is 24.3 Å². The lowest BCUT2D eigenvalue weighted by Gasteiger charge is -2.35. The minimum atomic E-state index is -1.74. The largest absolute Gasteiger partial charge is 0.479 e. The molecule has 2 heterocycles. The second kappa shape index (κ2) is 6.24. The fourth-order valence-corrected chi connectivity index (χ4v) is 3.18. The van der Waals surface area contributed by atoms with Crippen LogP contribution in [-0.4, -0.2) is 58.1 Å². The van der Waals surface area contributed by atoms with Gasteiger partial charge in [0.25, 0.3) is 5.91 Å². The molecule has 2 amide bonds. The van der Waals surface area contributed by atoms with Crippen LogP contribution in [0.2, 0.25) is 0 Å². The maximum Gasteiger partial charge on any atom is 0.335 e. The molecule has 0 saturated carbocycles. The number of nitrogens with zero attached hydrogens (tertiary/aromatic N) is 2. The van der Waals surface area contributed by atoms with Crippen LogP contribution in [0, 0.1) is 0 Å². The Labute approximate surface area is 139 Å². The van der Waals surface area contributed by atoms with E-state index in [1.807, 2.05) is 0 Å². The van der Waals surface area contributed by atoms with Crippen molar-refractivity contribution in [2.45, 2.75) is 31.3 Å². The monoisotopic (exact) mass is 332 g/mol. The highest BCUT2D eigenvalue weighted by Crippen LogP contribution is 2.25. The third-order valence-electron chi connectivity index (χ3n) is 4.78. The fraction of sp³-hybridized carbons (Fsp3) is 0.471. The molecule has 7 heteroatoms. The van der Waals surface area contributed by atoms with Crippen LogP contribution in [0.3, 0.4) is 0 Å². The summed E-state index contributed by atoms with van der Waals surface area (Å²) in [6.45, 7) is 1.11. The summed E-state index contributed by atoms with van der Waals surface area (Å²) in [6, 6.07) is 6.88. The maximum atomic E-state index is 12.5. The quantitative estimate of drug-likeness (QED) is 0.856. The van der Waals surface area contributed by atoms with E-state index in [9.17, 15) is 19.5 Å². The molecule has 0 atom stereocenters. The lowest BCUT2D eigenvalue weighted by molar-refractivity contribution is -0.162. The number of rotatable bonds is 3. The van der Waals surface area contributed by atoms with Crippen LogP contribution in [0.4, 0.5) is 5.69 Å². The molecule has 3 rings (SSSR count). The Kier molecular flexibility index (Phi) is 4.28. The molecule has 2 saturated heterocycles. The Morgan fingerprint density at radius 1 is 1.04 bits per heavy atom. The molecule has 1 aromatic carbocycles. The van der Waals surface area contributed by atoms with Crippen molar-refractivity contribution in [1.82, 2.24) is 4.90 Å². The van der Waals surface area contributed by atoms with Crippen molar-refractivity contribution in [3.05, 3.63) is 29.8 Å². The van der Waals surface area contributed by atoms with E-state index in [0.717, 1.165) is 12.1 Å². The van der Waals surface area contributed by atoms with Gasteiger partial charge in [-0.2, -0.15) is 0 Å². The number of likely N-dealkylation sites (tertiary alicyclic amines) is 1. The predicted molar refractivity (Wildman–Crippen MR) is 85.8 cm³/mol. The molecule has 0 spiro atoms. The van der Waals surface area contributed by atoms with E-state index in [2.05, 4.69) is 0 Å². The molecule has 2 aliphatic rings. The first-order valence-electron chi connectivity index (χ1n) is 8.06. The van der Waals surface area contributed by atoms with Gasteiger partial charge in [-0.25, -0.2) is 4.79 Å². The highest BCUT2D eigenvalue weighted by atomic mass is 16.4. The Bertz CT molecular complexity index is 662. The molecule has 0 unspecified atom stereocenters. The number of carbonyl (C=O) groups excluding carboxylic acids is 2. The number of piperidine rings is 1. The number of amides is 2. The topological polar surface area (TPSA) is 98.2 Å². The molecular formula is C17H20N2O5. The molecular weight excluding hydrogens is 312 g/mol. The van der Waals surface area contributed by atoms with Gasteiger partial charge in [0.2, 0.25) is 5.91 Å². The molecule has 1 aromatic rings. The normalized spacial score (nSPS) is 20.3. The predicted octanol–water partition coefficient (Wildman–Crippen LogP) is 0.865. The van der Waals surface area contributed by atoms with Gasteiger partial charge in [-0.1, -0.05) is 0 Å². The highest BCUT2D eigenvalue weighted by molar-refractivity contribution is 5.97. The van der Waals surface area contributed by atoms with E-state index < -0.39 is 11.6 Å². The van der Waals surface area contributed by atoms with Crippen LogP contribution < -0.4 is 4.90 Å². The molecule has 0 bridgehead atoms. The van der Waals surface area contributed by atoms with Gasteiger partial charge >= 0.3 is 5.97 Å². The summed E-state index contributed by atoms with van der Waals surface area (Å²) in [5.41, 5.74) is -0.462. The van der Waals surface area contributed by atoms with Gasteiger partial charge in [-0.05, 0) is 30.7 Å². The fourth-order valence-electron chi connectivity index (χ4n) is 3.18. The van der Waals surface area contributed by atoms with E-state index in [-0.39, 0.29) is 37.7 Å². The second-order valence-electron chi connectivity index (χ2n) is 6.32. The van der Waals surface area contributed by atoms with Gasteiger partial charge in [0.1, 0.15) is 0 Å². The number of carboxylic acid groups (broad SMARTS) is 1. The van der Waals surface area contributed by atoms with Gasteiger partial charge in [-0.15, -0.1) is 0 Å². The Balaban J connectivity index is 1.66. The molecule has 0 aromatic heterocycles. The Morgan fingerprint density at radius 2 is 1.67 bits per heavy atom. The molecule has 128 valence electrons. The van der Waals surface area contributed by atoms with Crippen molar-refractivity contribution in [3.63, 3.8) is 0 Å². The van der Waals surface area contributed by atoms with Gasteiger partial charge in [0, 0.05) is 50.1 Å². The van der Waals surface area contributed by atoms with Crippen LogP contribution in [0.25, 0.3) is 0 Å². The first kappa shape index (κ1) is 16.4. The Morgan fingerprint density at radius 3 is 2.17 bits per heavy atom. The summed E-state index contributed by atoms with van der Waals surface area (Å²) in [4.78, 5) is 38.5. The highest BCUT2D eigenvalue weighted by Gasteiger charge is 2.40. The SMILES string of the molecule is O=C(c1ccc(N2CCCC2=O)cc1)N1CCC(O)(C(=O)O)CC1. The maximum absolute atomic E-state index is 12.5. The van der Waals surface area contributed by atoms with Crippen molar-refractivity contribution < 1.29 is 24.6 Å². The van der Waals surface area contributed by atoms with Crippen LogP contribution in [0.5, 0.6) is 0 Å². The number of carboxylic acids is 1. The third kappa shape index (κ3) is 2.99. The van der Waals surface area contributed by atoms with Crippen LogP contribution in [0.1, 0.15) is 36.0 Å². The first-order chi connectivity index (χ1) is 11.4. The zero-order valence-corrected chi connectivity index (χ0v) is 13.3. The van der Waals surface area contributed by atoms with Crippen LogP contribution >= 0.6 is 0 Å². The molecule has 0 radical (unpaired) electrons. The molecule has 2 fully saturated rings.